The lowest BCUT2D eigenvalue weighted by molar-refractivity contribution is 1.13. The van der Waals surface area contributed by atoms with Crippen LogP contribution in [-0.2, 0) is 12.8 Å². The highest BCUT2D eigenvalue weighted by Gasteiger charge is 1.91. The van der Waals surface area contributed by atoms with Gasteiger partial charge in [-0.3, -0.25) is 0 Å². The second-order valence-electron chi connectivity index (χ2n) is 4.56. The Kier molecular flexibility index (Phi) is 7.13. The number of hydrogen-bond donors (Lipinski definition) is 0. The van der Waals surface area contributed by atoms with Gasteiger partial charge in [-0.25, -0.2) is 0 Å². The van der Waals surface area contributed by atoms with Crippen molar-refractivity contribution in [3.8, 4) is 0 Å². The third-order valence-corrected chi connectivity index (χ3v) is 3.25. The zero-order chi connectivity index (χ0) is 14.8. The largest absolute Gasteiger partial charge is 0.0985 e. The van der Waals surface area contributed by atoms with Gasteiger partial charge in [0, 0.05) is 0 Å². The van der Waals surface area contributed by atoms with Crippen LogP contribution in [0, 0.1) is 0 Å². The zero-order valence-electron chi connectivity index (χ0n) is 12.6. The van der Waals surface area contributed by atoms with E-state index in [4.69, 9.17) is 0 Å². The molecule has 0 radical (unpaired) electrons. The smallest absolute Gasteiger partial charge is 0.0231 e. The minimum absolute atomic E-state index is 1.09. The molecule has 0 heteroatoms. The standard InChI is InChI=1S/2C10H12/c1-3-9-6-5-7-10(4-2)8-9;1-3-9-7-5-6-8-10(9)4-2/h2*3,5-8H,1,4H2,2H3. The van der Waals surface area contributed by atoms with Crippen LogP contribution in [-0.4, -0.2) is 0 Å². The predicted molar refractivity (Wildman–Crippen MR) is 91.8 cm³/mol. The molecule has 0 bridgehead atoms. The van der Waals surface area contributed by atoms with E-state index in [2.05, 4.69) is 69.5 Å². The van der Waals surface area contributed by atoms with Gasteiger partial charge in [0.15, 0.2) is 0 Å². The molecule has 0 aromatic heterocycles. The summed E-state index contributed by atoms with van der Waals surface area (Å²) in [5.74, 6) is 0. The number of rotatable bonds is 4. The van der Waals surface area contributed by atoms with E-state index in [-0.39, 0.29) is 0 Å². The molecule has 0 unspecified atom stereocenters. The summed E-state index contributed by atoms with van der Waals surface area (Å²) in [4.78, 5) is 0. The first-order chi connectivity index (χ1) is 9.74. The molecule has 0 heterocycles. The third-order valence-electron chi connectivity index (χ3n) is 3.25. The summed E-state index contributed by atoms with van der Waals surface area (Å²) in [6, 6.07) is 16.7. The molecule has 20 heavy (non-hydrogen) atoms. The van der Waals surface area contributed by atoms with Crippen molar-refractivity contribution < 1.29 is 0 Å². The first-order valence-electron chi connectivity index (χ1n) is 7.16. The Hall–Kier alpha value is -2.08. The first-order valence-corrected chi connectivity index (χ1v) is 7.16. The van der Waals surface area contributed by atoms with Crippen LogP contribution in [0.15, 0.2) is 61.7 Å². The van der Waals surface area contributed by atoms with Crippen molar-refractivity contribution in [2.45, 2.75) is 26.7 Å². The number of hydrogen-bond acceptors (Lipinski definition) is 0. The van der Waals surface area contributed by atoms with Gasteiger partial charge in [0.05, 0.1) is 0 Å². The molecule has 0 atom stereocenters. The van der Waals surface area contributed by atoms with Gasteiger partial charge in [-0.1, -0.05) is 87.7 Å². The molecule has 0 saturated heterocycles. The molecule has 2 aromatic rings. The summed E-state index contributed by atoms with van der Waals surface area (Å²) in [6.45, 7) is 11.8. The van der Waals surface area contributed by atoms with E-state index in [0.29, 0.717) is 0 Å². The Balaban J connectivity index is 0.000000200. The van der Waals surface area contributed by atoms with Gasteiger partial charge in [-0.2, -0.15) is 0 Å². The molecule has 0 aliphatic heterocycles. The molecule has 2 aromatic carbocycles. The van der Waals surface area contributed by atoms with Gasteiger partial charge in [-0.15, -0.1) is 0 Å². The zero-order valence-corrected chi connectivity index (χ0v) is 12.6. The summed E-state index contributed by atoms with van der Waals surface area (Å²) in [5, 5.41) is 0. The maximum absolute atomic E-state index is 3.74. The molecular formula is C20H24. The van der Waals surface area contributed by atoms with Gasteiger partial charge in [0.2, 0.25) is 0 Å². The highest BCUT2D eigenvalue weighted by Crippen LogP contribution is 2.09. The van der Waals surface area contributed by atoms with Gasteiger partial charge in [-0.05, 0) is 35.1 Å². The van der Waals surface area contributed by atoms with Crippen LogP contribution >= 0.6 is 0 Å². The average molecular weight is 264 g/mol. The highest BCUT2D eigenvalue weighted by molar-refractivity contribution is 5.51. The SMILES string of the molecule is C=Cc1cccc(CC)c1.C=Cc1ccccc1CC. The van der Waals surface area contributed by atoms with Crippen LogP contribution in [0.5, 0.6) is 0 Å². The van der Waals surface area contributed by atoms with Gasteiger partial charge in [0.25, 0.3) is 0 Å². The minimum atomic E-state index is 1.09. The molecule has 2 rings (SSSR count). The number of benzene rings is 2. The van der Waals surface area contributed by atoms with Crippen LogP contribution in [0.25, 0.3) is 12.2 Å². The molecule has 0 fully saturated rings. The van der Waals surface area contributed by atoms with Crippen molar-refractivity contribution in [3.63, 3.8) is 0 Å². The lowest BCUT2D eigenvalue weighted by Crippen LogP contribution is -1.83. The van der Waals surface area contributed by atoms with Crippen LogP contribution in [0.1, 0.15) is 36.1 Å². The highest BCUT2D eigenvalue weighted by atomic mass is 14.0. The lowest BCUT2D eigenvalue weighted by atomic mass is 10.1. The van der Waals surface area contributed by atoms with Crippen molar-refractivity contribution >= 4 is 12.2 Å². The summed E-state index contributed by atoms with van der Waals surface area (Å²) in [6.07, 6.45) is 5.96. The van der Waals surface area contributed by atoms with Crippen molar-refractivity contribution in [2.24, 2.45) is 0 Å². The Bertz CT molecular complexity index is 549. The minimum Gasteiger partial charge on any atom is -0.0985 e. The molecule has 0 aliphatic carbocycles. The maximum Gasteiger partial charge on any atom is -0.0231 e. The van der Waals surface area contributed by atoms with Gasteiger partial charge < -0.3 is 0 Å². The molecule has 0 N–H and O–H groups in total. The van der Waals surface area contributed by atoms with Crippen molar-refractivity contribution in [2.75, 3.05) is 0 Å². The van der Waals surface area contributed by atoms with E-state index in [0.717, 1.165) is 12.8 Å². The van der Waals surface area contributed by atoms with Crippen LogP contribution in [0.4, 0.5) is 0 Å². The van der Waals surface area contributed by atoms with Crippen LogP contribution < -0.4 is 0 Å². The fourth-order valence-electron chi connectivity index (χ4n) is 2.00. The predicted octanol–water partition coefficient (Wildman–Crippen LogP) is 5.78. The summed E-state index contributed by atoms with van der Waals surface area (Å²) in [7, 11) is 0. The van der Waals surface area contributed by atoms with E-state index in [9.17, 15) is 0 Å². The van der Waals surface area contributed by atoms with Gasteiger partial charge in [0.1, 0.15) is 0 Å². The van der Waals surface area contributed by atoms with E-state index in [1.807, 2.05) is 18.2 Å². The molecule has 0 aliphatic rings. The Morgan fingerprint density at radius 1 is 0.850 bits per heavy atom. The van der Waals surface area contributed by atoms with Gasteiger partial charge >= 0.3 is 0 Å². The fourth-order valence-corrected chi connectivity index (χ4v) is 2.00. The monoisotopic (exact) mass is 264 g/mol. The van der Waals surface area contributed by atoms with E-state index in [1.54, 1.807) is 0 Å². The molecular weight excluding hydrogens is 240 g/mol. The second-order valence-corrected chi connectivity index (χ2v) is 4.56. The van der Waals surface area contributed by atoms with Crippen LogP contribution in [0.3, 0.4) is 0 Å². The molecule has 0 nitrogen and oxygen atoms in total. The molecule has 0 spiro atoms. The fraction of sp³-hybridized carbons (Fsp3) is 0.200. The van der Waals surface area contributed by atoms with E-state index >= 15 is 0 Å². The van der Waals surface area contributed by atoms with Crippen molar-refractivity contribution in [1.29, 1.82) is 0 Å². The molecule has 0 saturated carbocycles. The average Bonchev–Trinajstić information content (AvgIpc) is 2.55. The maximum atomic E-state index is 3.74. The first kappa shape index (κ1) is 16.0. The van der Waals surface area contributed by atoms with E-state index in [1.165, 1.54) is 22.3 Å². The Morgan fingerprint density at radius 3 is 2.15 bits per heavy atom. The lowest BCUT2D eigenvalue weighted by Gasteiger charge is -1.99. The van der Waals surface area contributed by atoms with Crippen molar-refractivity contribution in [1.82, 2.24) is 0 Å². The summed E-state index contributed by atoms with van der Waals surface area (Å²) >= 11 is 0. The van der Waals surface area contributed by atoms with Crippen LogP contribution in [0.2, 0.25) is 0 Å². The summed E-state index contributed by atoms with van der Waals surface area (Å²) in [5.41, 5.74) is 5.21. The van der Waals surface area contributed by atoms with Crippen molar-refractivity contribution in [3.05, 3.63) is 83.9 Å². The Morgan fingerprint density at radius 2 is 1.60 bits per heavy atom. The topological polar surface area (TPSA) is 0 Å². The molecule has 0 amide bonds. The Labute approximate surface area is 123 Å². The van der Waals surface area contributed by atoms with E-state index < -0.39 is 0 Å². The normalized spacial score (nSPS) is 9.30. The quantitative estimate of drug-likeness (QED) is 0.656. The second kappa shape index (κ2) is 8.92. The summed E-state index contributed by atoms with van der Waals surface area (Å²) < 4.78 is 0. The third kappa shape index (κ3) is 4.89. The number of aryl methyl sites for hydroxylation is 2. The molecule has 104 valence electrons.